The minimum atomic E-state index is -4.66. The number of alkyl halides is 3. The molecule has 0 bridgehead atoms. The fourth-order valence-corrected chi connectivity index (χ4v) is 1.05. The molecule has 0 aliphatic heterocycles. The molecule has 7 heteroatoms. The first-order valence-electron chi connectivity index (χ1n) is 4.68. The topological polar surface area (TPSA) is 46.5 Å². The molecule has 0 saturated carbocycles. The van der Waals surface area contributed by atoms with Crippen LogP contribution >= 0.6 is 0 Å². The first kappa shape index (κ1) is 14.0. The Hall–Kier alpha value is -2.05. The number of carbonyl (C=O) groups is 1. The zero-order valence-corrected chi connectivity index (χ0v) is 8.87. The zero-order chi connectivity index (χ0) is 13.8. The predicted octanol–water partition coefficient (Wildman–Crippen LogP) is 2.83. The van der Waals surface area contributed by atoms with E-state index in [0.717, 1.165) is 12.1 Å². The highest BCUT2D eigenvalue weighted by Crippen LogP contribution is 2.17. The highest BCUT2D eigenvalue weighted by atomic mass is 19.4. The van der Waals surface area contributed by atoms with E-state index in [4.69, 9.17) is 0 Å². The van der Waals surface area contributed by atoms with E-state index in [1.165, 1.54) is 12.1 Å². The van der Waals surface area contributed by atoms with E-state index in [0.29, 0.717) is 6.08 Å². The van der Waals surface area contributed by atoms with Gasteiger partial charge < -0.3 is 9.84 Å². The molecule has 1 aromatic carbocycles. The zero-order valence-electron chi connectivity index (χ0n) is 8.87. The maximum absolute atomic E-state index is 13.1. The van der Waals surface area contributed by atoms with Gasteiger partial charge in [-0.3, -0.25) is 0 Å². The fourth-order valence-electron chi connectivity index (χ4n) is 1.05. The normalized spacial score (nSPS) is 12.3. The number of benzene rings is 1. The monoisotopic (exact) mass is 264 g/mol. The van der Waals surface area contributed by atoms with Crippen LogP contribution in [0, 0.1) is 5.82 Å². The number of hydrogen-bond acceptors (Lipinski definition) is 3. The molecule has 1 rings (SSSR count). The molecule has 0 aliphatic carbocycles. The first-order valence-corrected chi connectivity index (χ1v) is 4.68. The molecule has 0 atom stereocenters. The Morgan fingerprint density at radius 2 is 1.94 bits per heavy atom. The molecule has 0 radical (unpaired) electrons. The van der Waals surface area contributed by atoms with Gasteiger partial charge in [-0.25, -0.2) is 9.18 Å². The number of ether oxygens (including phenoxy) is 1. The Balaban J connectivity index is 2.72. The Kier molecular flexibility index (Phi) is 4.30. The van der Waals surface area contributed by atoms with Crippen LogP contribution in [0.3, 0.4) is 0 Å². The van der Waals surface area contributed by atoms with E-state index < -0.39 is 30.3 Å². The highest BCUT2D eigenvalue weighted by molar-refractivity contribution is 5.89. The molecular weight excluding hydrogens is 256 g/mol. The molecule has 0 amide bonds. The van der Waals surface area contributed by atoms with E-state index >= 15 is 0 Å². The second kappa shape index (κ2) is 5.52. The molecule has 0 heterocycles. The summed E-state index contributed by atoms with van der Waals surface area (Å²) in [6.45, 7) is -1.77. The van der Waals surface area contributed by atoms with Crippen molar-refractivity contribution in [3.8, 4) is 0 Å². The van der Waals surface area contributed by atoms with Gasteiger partial charge in [0.05, 0.1) is 11.6 Å². The maximum Gasteiger partial charge on any atom is 0.422 e. The van der Waals surface area contributed by atoms with Gasteiger partial charge in [-0.15, -0.1) is 0 Å². The number of rotatable bonds is 3. The van der Waals surface area contributed by atoms with Crippen molar-refractivity contribution in [2.75, 3.05) is 6.61 Å². The van der Waals surface area contributed by atoms with E-state index in [-0.39, 0.29) is 5.56 Å². The van der Waals surface area contributed by atoms with Crippen LogP contribution in [0.5, 0.6) is 0 Å². The summed E-state index contributed by atoms with van der Waals surface area (Å²) in [5, 5.41) is 9.34. The number of hydrogen-bond donors (Lipinski definition) is 1. The molecule has 1 N–H and O–H groups in total. The van der Waals surface area contributed by atoms with Gasteiger partial charge in [0.25, 0.3) is 0 Å². The van der Waals surface area contributed by atoms with Gasteiger partial charge in [-0.2, -0.15) is 13.2 Å². The van der Waals surface area contributed by atoms with Crippen LogP contribution in [0.4, 0.5) is 17.6 Å². The first-order chi connectivity index (χ1) is 8.29. The standard InChI is InChI=1S/C11H8F4O3/c12-8-4-2-1-3-7(8)9(16)5-10(17)18-6-11(13,14)15/h1-5,16H,6H2. The third-order valence-corrected chi connectivity index (χ3v) is 1.78. The van der Waals surface area contributed by atoms with Gasteiger partial charge >= 0.3 is 12.1 Å². The second-order valence-corrected chi connectivity index (χ2v) is 3.23. The molecule has 98 valence electrons. The number of halogens is 4. The summed E-state index contributed by atoms with van der Waals surface area (Å²) in [7, 11) is 0. The van der Waals surface area contributed by atoms with Gasteiger partial charge in [-0.1, -0.05) is 12.1 Å². The minimum absolute atomic E-state index is 0.304. The average molecular weight is 264 g/mol. The molecular formula is C11H8F4O3. The van der Waals surface area contributed by atoms with Crippen LogP contribution in [-0.4, -0.2) is 23.9 Å². The third kappa shape index (κ3) is 4.44. The molecule has 0 saturated heterocycles. The van der Waals surface area contributed by atoms with Crippen molar-refractivity contribution in [3.05, 3.63) is 41.7 Å². The quantitative estimate of drug-likeness (QED) is 0.395. The van der Waals surface area contributed by atoms with Crippen LogP contribution in [0.25, 0.3) is 5.76 Å². The Labute approximate surface area is 99.3 Å². The molecule has 0 aromatic heterocycles. The predicted molar refractivity (Wildman–Crippen MR) is 54.0 cm³/mol. The average Bonchev–Trinajstić information content (AvgIpc) is 2.26. The van der Waals surface area contributed by atoms with Crippen molar-refractivity contribution in [2.24, 2.45) is 0 Å². The molecule has 0 spiro atoms. The summed E-state index contributed by atoms with van der Waals surface area (Å²) >= 11 is 0. The molecule has 0 aliphatic rings. The smallest absolute Gasteiger partial charge is 0.422 e. The van der Waals surface area contributed by atoms with E-state index in [9.17, 15) is 27.5 Å². The van der Waals surface area contributed by atoms with Crippen LogP contribution in [0.15, 0.2) is 30.3 Å². The SMILES string of the molecule is O=C(C=C(O)c1ccccc1F)OCC(F)(F)F. The van der Waals surface area contributed by atoms with Crippen LogP contribution in [0.2, 0.25) is 0 Å². The number of aliphatic hydroxyl groups excluding tert-OH is 1. The summed E-state index contributed by atoms with van der Waals surface area (Å²) in [6, 6.07) is 4.94. The highest BCUT2D eigenvalue weighted by Gasteiger charge is 2.29. The lowest BCUT2D eigenvalue weighted by molar-refractivity contribution is -0.182. The lowest BCUT2D eigenvalue weighted by Crippen LogP contribution is -2.19. The van der Waals surface area contributed by atoms with Crippen molar-refractivity contribution >= 4 is 11.7 Å². The molecule has 0 fully saturated rings. The summed E-state index contributed by atoms with van der Waals surface area (Å²) in [4.78, 5) is 10.9. The molecule has 0 unspecified atom stereocenters. The van der Waals surface area contributed by atoms with Gasteiger partial charge in [0.2, 0.25) is 0 Å². The van der Waals surface area contributed by atoms with Gasteiger partial charge in [0, 0.05) is 0 Å². The number of aliphatic hydroxyl groups is 1. The van der Waals surface area contributed by atoms with E-state index in [1.807, 2.05) is 0 Å². The van der Waals surface area contributed by atoms with Gasteiger partial charge in [0.1, 0.15) is 11.6 Å². The van der Waals surface area contributed by atoms with Crippen molar-refractivity contribution in [1.29, 1.82) is 0 Å². The Bertz CT molecular complexity index is 466. The molecule has 3 nitrogen and oxygen atoms in total. The van der Waals surface area contributed by atoms with Crippen molar-refractivity contribution < 1.29 is 32.2 Å². The minimum Gasteiger partial charge on any atom is -0.507 e. The number of esters is 1. The summed E-state index contributed by atoms with van der Waals surface area (Å²) in [6.07, 6.45) is -4.28. The third-order valence-electron chi connectivity index (χ3n) is 1.78. The maximum atomic E-state index is 13.1. The van der Waals surface area contributed by atoms with Gasteiger partial charge in [0.15, 0.2) is 6.61 Å². The van der Waals surface area contributed by atoms with Crippen molar-refractivity contribution in [2.45, 2.75) is 6.18 Å². The lowest BCUT2D eigenvalue weighted by atomic mass is 10.1. The van der Waals surface area contributed by atoms with E-state index in [2.05, 4.69) is 4.74 Å². The Morgan fingerprint density at radius 1 is 1.33 bits per heavy atom. The van der Waals surface area contributed by atoms with Crippen LogP contribution < -0.4 is 0 Å². The van der Waals surface area contributed by atoms with Crippen LogP contribution in [-0.2, 0) is 9.53 Å². The van der Waals surface area contributed by atoms with Crippen molar-refractivity contribution in [3.63, 3.8) is 0 Å². The summed E-state index contributed by atoms with van der Waals surface area (Å²) in [5.74, 6) is -3.02. The molecule has 18 heavy (non-hydrogen) atoms. The fraction of sp³-hybridized carbons (Fsp3) is 0.182. The summed E-state index contributed by atoms with van der Waals surface area (Å²) in [5.41, 5.74) is -0.304. The molecule has 1 aromatic rings. The van der Waals surface area contributed by atoms with Crippen molar-refractivity contribution in [1.82, 2.24) is 0 Å². The van der Waals surface area contributed by atoms with E-state index in [1.54, 1.807) is 0 Å². The Morgan fingerprint density at radius 3 is 2.50 bits per heavy atom. The number of carbonyl (C=O) groups excluding carboxylic acids is 1. The van der Waals surface area contributed by atoms with Gasteiger partial charge in [-0.05, 0) is 12.1 Å². The van der Waals surface area contributed by atoms with Crippen LogP contribution in [0.1, 0.15) is 5.56 Å². The second-order valence-electron chi connectivity index (χ2n) is 3.23. The largest absolute Gasteiger partial charge is 0.507 e. The lowest BCUT2D eigenvalue weighted by Gasteiger charge is -2.06. The summed E-state index contributed by atoms with van der Waals surface area (Å²) < 4.78 is 52.1.